The molecule has 0 fully saturated rings. The van der Waals surface area contributed by atoms with Gasteiger partial charge in [0.2, 0.25) is 0 Å². The number of methoxy groups -OCH3 is 1. The van der Waals surface area contributed by atoms with Gasteiger partial charge in [0.1, 0.15) is 24.1 Å². The minimum Gasteiger partial charge on any atom is -0.497 e. The monoisotopic (exact) mass is 240 g/mol. The van der Waals surface area contributed by atoms with Gasteiger partial charge in [-0.05, 0) is 24.3 Å². The average Bonchev–Trinajstić information content (AvgIpc) is 2.82. The highest BCUT2D eigenvalue weighted by Gasteiger charge is 2.08. The Morgan fingerprint density at radius 1 is 1.06 bits per heavy atom. The molecule has 2 aromatic heterocycles. The third-order valence-corrected chi connectivity index (χ3v) is 2.99. The van der Waals surface area contributed by atoms with E-state index in [9.17, 15) is 0 Å². The molecule has 2 heterocycles. The SMILES string of the molecule is COc1ccc2oc(-c3cc[n+](C)cc3)cc2c1. The van der Waals surface area contributed by atoms with Gasteiger partial charge in [0.05, 0.1) is 7.11 Å². The van der Waals surface area contributed by atoms with Crippen molar-refractivity contribution in [2.45, 2.75) is 0 Å². The van der Waals surface area contributed by atoms with Gasteiger partial charge in [-0.2, -0.15) is 0 Å². The Labute approximate surface area is 105 Å². The Morgan fingerprint density at radius 2 is 1.83 bits per heavy atom. The fraction of sp³-hybridized carbons (Fsp3) is 0.133. The van der Waals surface area contributed by atoms with E-state index in [2.05, 4.69) is 0 Å². The summed E-state index contributed by atoms with van der Waals surface area (Å²) in [6.07, 6.45) is 4.01. The lowest BCUT2D eigenvalue weighted by Gasteiger charge is -1.96. The summed E-state index contributed by atoms with van der Waals surface area (Å²) in [6.45, 7) is 0. The molecule has 0 amide bonds. The zero-order valence-electron chi connectivity index (χ0n) is 10.4. The van der Waals surface area contributed by atoms with E-state index in [0.29, 0.717) is 0 Å². The van der Waals surface area contributed by atoms with Gasteiger partial charge in [-0.3, -0.25) is 0 Å². The number of rotatable bonds is 2. The van der Waals surface area contributed by atoms with Crippen LogP contribution in [0.1, 0.15) is 0 Å². The van der Waals surface area contributed by atoms with E-state index in [4.69, 9.17) is 9.15 Å². The van der Waals surface area contributed by atoms with Crippen molar-refractivity contribution in [1.82, 2.24) is 0 Å². The number of furan rings is 1. The second-order valence-corrected chi connectivity index (χ2v) is 4.27. The number of benzene rings is 1. The number of ether oxygens (including phenoxy) is 1. The molecule has 3 heteroatoms. The fourth-order valence-electron chi connectivity index (χ4n) is 1.96. The smallest absolute Gasteiger partial charge is 0.169 e. The van der Waals surface area contributed by atoms with Crippen LogP contribution in [-0.2, 0) is 7.05 Å². The van der Waals surface area contributed by atoms with Crippen molar-refractivity contribution in [2.75, 3.05) is 7.11 Å². The van der Waals surface area contributed by atoms with Crippen molar-refractivity contribution in [3.8, 4) is 17.1 Å². The Hall–Kier alpha value is -2.29. The van der Waals surface area contributed by atoms with Crippen molar-refractivity contribution >= 4 is 11.0 Å². The summed E-state index contributed by atoms with van der Waals surface area (Å²) in [5.41, 5.74) is 1.95. The number of pyridine rings is 1. The predicted octanol–water partition coefficient (Wildman–Crippen LogP) is 2.93. The molecule has 0 saturated heterocycles. The van der Waals surface area contributed by atoms with Crippen LogP contribution in [0.5, 0.6) is 5.75 Å². The molecule has 90 valence electrons. The van der Waals surface area contributed by atoms with Crippen molar-refractivity contribution in [1.29, 1.82) is 0 Å². The summed E-state index contributed by atoms with van der Waals surface area (Å²) in [4.78, 5) is 0. The molecule has 0 atom stereocenters. The summed E-state index contributed by atoms with van der Waals surface area (Å²) in [6, 6.07) is 11.9. The van der Waals surface area contributed by atoms with Crippen molar-refractivity contribution in [2.24, 2.45) is 7.05 Å². The van der Waals surface area contributed by atoms with Crippen LogP contribution < -0.4 is 9.30 Å². The number of aromatic nitrogens is 1. The first-order chi connectivity index (χ1) is 8.76. The molecule has 0 spiro atoms. The molecule has 0 radical (unpaired) electrons. The second kappa shape index (κ2) is 4.18. The van der Waals surface area contributed by atoms with Crippen LogP contribution in [0.4, 0.5) is 0 Å². The predicted molar refractivity (Wildman–Crippen MR) is 69.4 cm³/mol. The summed E-state index contributed by atoms with van der Waals surface area (Å²) in [7, 11) is 3.66. The Morgan fingerprint density at radius 3 is 2.56 bits per heavy atom. The molecular formula is C15H14NO2+. The second-order valence-electron chi connectivity index (χ2n) is 4.27. The van der Waals surface area contributed by atoms with E-state index < -0.39 is 0 Å². The lowest BCUT2D eigenvalue weighted by atomic mass is 10.2. The maximum absolute atomic E-state index is 5.83. The van der Waals surface area contributed by atoms with Gasteiger partial charge in [-0.25, -0.2) is 4.57 Å². The van der Waals surface area contributed by atoms with Crippen molar-refractivity contribution in [3.05, 3.63) is 48.8 Å². The maximum Gasteiger partial charge on any atom is 0.169 e. The first-order valence-corrected chi connectivity index (χ1v) is 5.79. The molecule has 0 aliphatic carbocycles. The Kier molecular flexibility index (Phi) is 2.52. The molecule has 18 heavy (non-hydrogen) atoms. The Bertz CT molecular complexity index is 683. The molecule has 1 aromatic carbocycles. The quantitative estimate of drug-likeness (QED) is 0.644. The highest BCUT2D eigenvalue weighted by molar-refractivity contribution is 5.83. The van der Waals surface area contributed by atoms with Gasteiger partial charge in [0.15, 0.2) is 12.4 Å². The van der Waals surface area contributed by atoms with Gasteiger partial charge >= 0.3 is 0 Å². The third-order valence-electron chi connectivity index (χ3n) is 2.99. The number of hydrogen-bond donors (Lipinski definition) is 0. The Balaban J connectivity index is 2.10. The topological polar surface area (TPSA) is 26.2 Å². The molecule has 0 aliphatic rings. The molecular weight excluding hydrogens is 226 g/mol. The molecule has 0 saturated carbocycles. The normalized spacial score (nSPS) is 10.8. The molecule has 0 N–H and O–H groups in total. The lowest BCUT2D eigenvalue weighted by molar-refractivity contribution is -0.671. The molecule has 0 aliphatic heterocycles. The van der Waals surface area contributed by atoms with Crippen LogP contribution >= 0.6 is 0 Å². The van der Waals surface area contributed by atoms with Gasteiger partial charge in [0.25, 0.3) is 0 Å². The van der Waals surface area contributed by atoms with Crippen LogP contribution in [0.15, 0.2) is 53.2 Å². The standard InChI is InChI=1S/C15H14NO2/c1-16-7-5-11(6-8-16)15-10-12-9-13(17-2)3-4-14(12)18-15/h3-10H,1-2H3/q+1. The zero-order valence-corrected chi connectivity index (χ0v) is 10.4. The molecule has 3 rings (SSSR count). The largest absolute Gasteiger partial charge is 0.497 e. The van der Waals surface area contributed by atoms with Crippen molar-refractivity contribution < 1.29 is 13.7 Å². The number of nitrogens with zero attached hydrogens (tertiary/aromatic N) is 1. The summed E-state index contributed by atoms with van der Waals surface area (Å²) >= 11 is 0. The summed E-state index contributed by atoms with van der Waals surface area (Å²) in [5.74, 6) is 1.72. The highest BCUT2D eigenvalue weighted by atomic mass is 16.5. The first-order valence-electron chi connectivity index (χ1n) is 5.79. The van der Waals surface area contributed by atoms with Crippen LogP contribution in [0.2, 0.25) is 0 Å². The van der Waals surface area contributed by atoms with E-state index in [0.717, 1.165) is 28.0 Å². The number of hydrogen-bond acceptors (Lipinski definition) is 2. The van der Waals surface area contributed by atoms with E-state index in [1.54, 1.807) is 7.11 Å². The number of aryl methyl sites for hydroxylation is 1. The number of fused-ring (bicyclic) bond motifs is 1. The minimum absolute atomic E-state index is 0.842. The highest BCUT2D eigenvalue weighted by Crippen LogP contribution is 2.29. The van der Waals surface area contributed by atoms with Crippen molar-refractivity contribution in [3.63, 3.8) is 0 Å². The molecule has 0 bridgehead atoms. The first kappa shape index (κ1) is 10.8. The summed E-state index contributed by atoms with van der Waals surface area (Å²) < 4.78 is 13.0. The van der Waals surface area contributed by atoms with E-state index in [1.165, 1.54) is 0 Å². The third kappa shape index (κ3) is 1.84. The molecule has 3 aromatic rings. The van der Waals surface area contributed by atoms with Crippen LogP contribution in [0.25, 0.3) is 22.3 Å². The van der Waals surface area contributed by atoms with E-state index in [-0.39, 0.29) is 0 Å². The minimum atomic E-state index is 0.842. The zero-order chi connectivity index (χ0) is 12.5. The maximum atomic E-state index is 5.83. The summed E-state index contributed by atoms with van der Waals surface area (Å²) in [5, 5.41) is 1.05. The van der Waals surface area contributed by atoms with Gasteiger partial charge < -0.3 is 9.15 Å². The van der Waals surface area contributed by atoms with Gasteiger partial charge in [-0.1, -0.05) is 0 Å². The lowest BCUT2D eigenvalue weighted by Crippen LogP contribution is -2.25. The van der Waals surface area contributed by atoms with Gasteiger partial charge in [0, 0.05) is 23.1 Å². The molecule has 3 nitrogen and oxygen atoms in total. The van der Waals surface area contributed by atoms with E-state index in [1.807, 2.05) is 60.4 Å². The van der Waals surface area contributed by atoms with Gasteiger partial charge in [-0.15, -0.1) is 0 Å². The fourth-order valence-corrected chi connectivity index (χ4v) is 1.96. The van der Waals surface area contributed by atoms with Crippen LogP contribution in [0, 0.1) is 0 Å². The van der Waals surface area contributed by atoms with Crippen LogP contribution in [-0.4, -0.2) is 7.11 Å². The van der Waals surface area contributed by atoms with E-state index >= 15 is 0 Å². The average molecular weight is 240 g/mol. The van der Waals surface area contributed by atoms with Crippen LogP contribution in [0.3, 0.4) is 0 Å². The molecule has 0 unspecified atom stereocenters.